The molecule has 0 aromatic carbocycles. The van der Waals surface area contributed by atoms with Crippen LogP contribution < -0.4 is 16.0 Å². The molecule has 0 aromatic heterocycles. The van der Waals surface area contributed by atoms with E-state index in [0.29, 0.717) is 18.4 Å². The van der Waals surface area contributed by atoms with E-state index in [9.17, 15) is 77.3 Å². The van der Waals surface area contributed by atoms with Crippen LogP contribution in [0.2, 0.25) is 0 Å². The van der Waals surface area contributed by atoms with Gasteiger partial charge in [-0.1, -0.05) is 121 Å². The van der Waals surface area contributed by atoms with Crippen LogP contribution >= 0.6 is 0 Å². The van der Waals surface area contributed by atoms with Gasteiger partial charge in [0.15, 0.2) is 18.1 Å². The van der Waals surface area contributed by atoms with Crippen LogP contribution in [0.4, 0.5) is 9.18 Å². The maximum Gasteiger partial charge on any atom is 0.511 e. The first-order chi connectivity index (χ1) is 66.4. The van der Waals surface area contributed by atoms with E-state index in [4.69, 9.17) is 42.6 Å². The van der Waals surface area contributed by atoms with Crippen molar-refractivity contribution in [1.82, 2.24) is 55.1 Å². The van der Waals surface area contributed by atoms with Gasteiger partial charge in [0.05, 0.1) is 78.0 Å². The SMILES string of the molecule is C/C=C/C[C@@H](C)[C@@H](OC(=O)OCOC(=O)CCC(=O)OCCOCCOCCOCCOC(=O)CCC(=O)OCC(=O)[C@@]1(O)[C@H](C)CC2C3CCC4=CC(=O)C=C[C@]4(C)[C@@]3(F)[C@@H](O)C[C@@]21C)C1C(=O)NC(CC)C(=O)N(C)CC(=O)N(C)[C@@H](CC(C)C)C(=O)NC(C(C)C)C(=O)N(C)C2CC(C)N(C2=O)C(C)C(=O)NC(C)C(=O)N(C)C(CC(C)C)C(=O)N(C)C(CC(C)C)C(=O)N(C)C(C(C)C)C(=O)N1C. The van der Waals surface area contributed by atoms with E-state index in [2.05, 4.69) is 16.0 Å². The number of nitrogens with one attached hydrogen (secondary N) is 3. The molecule has 40 nitrogen and oxygen atoms in total. The van der Waals surface area contributed by atoms with Crippen molar-refractivity contribution in [3.8, 4) is 0 Å². The molecule has 21 atom stereocenters. The minimum absolute atomic E-state index is 0.0186. The molecule has 5 N–H and O–H groups in total. The quantitative estimate of drug-likeness (QED) is 0.0167. The summed E-state index contributed by atoms with van der Waals surface area (Å²) in [5.74, 6) is -17.8. The highest BCUT2D eigenvalue weighted by molar-refractivity contribution is 6.02. The Morgan fingerprint density at radius 2 is 1.06 bits per heavy atom. The fraction of sp³-hybridized carbons (Fsp3) is 0.762. The van der Waals surface area contributed by atoms with Crippen molar-refractivity contribution in [3.05, 3.63) is 36.0 Å². The summed E-state index contributed by atoms with van der Waals surface area (Å²) < 4.78 is 66.1. The number of esters is 4. The number of Topliss-reactive ketones (excluding diaryl/α,β-unsaturated/α-hetero) is 1. The summed E-state index contributed by atoms with van der Waals surface area (Å²) in [6.45, 7) is 29.5. The van der Waals surface area contributed by atoms with E-state index in [0.717, 1.165) is 19.6 Å². The lowest BCUT2D eigenvalue weighted by Gasteiger charge is -2.62. The van der Waals surface area contributed by atoms with Crippen molar-refractivity contribution < 1.29 is 144 Å². The number of aliphatic hydroxyl groups is 2. The fourth-order valence-electron chi connectivity index (χ4n) is 20.9. The highest BCUT2D eigenvalue weighted by atomic mass is 19.1. The van der Waals surface area contributed by atoms with Crippen molar-refractivity contribution in [3.63, 3.8) is 0 Å². The molecule has 12 unspecified atom stereocenters. The Morgan fingerprint density at radius 1 is 0.549 bits per heavy atom. The molecule has 4 aliphatic carbocycles. The fourth-order valence-corrected chi connectivity index (χ4v) is 20.9. The first-order valence-electron chi connectivity index (χ1n) is 49.8. The van der Waals surface area contributed by atoms with Crippen LogP contribution in [0, 0.1) is 64.1 Å². The molecule has 0 spiro atoms. The van der Waals surface area contributed by atoms with Crippen LogP contribution in [0.25, 0.3) is 0 Å². The molecule has 41 heteroatoms. The van der Waals surface area contributed by atoms with Gasteiger partial charge in [0.25, 0.3) is 0 Å². The Morgan fingerprint density at radius 3 is 1.58 bits per heavy atom. The molecule has 2 bridgehead atoms. The molecule has 6 rings (SSSR count). The maximum atomic E-state index is 17.6. The third-order valence-corrected chi connectivity index (χ3v) is 29.1. The number of hydrogen-bond acceptors (Lipinski definition) is 29. The molecule has 0 radical (unpaired) electrons. The van der Waals surface area contributed by atoms with Gasteiger partial charge in [-0.25, -0.2) is 9.18 Å². The van der Waals surface area contributed by atoms with Crippen LogP contribution in [-0.2, 0) is 124 Å². The van der Waals surface area contributed by atoms with Gasteiger partial charge in [-0.05, 0) is 158 Å². The van der Waals surface area contributed by atoms with Crippen molar-refractivity contribution in [2.75, 3.05) is 122 Å². The average Bonchev–Trinajstić information content (AvgIpc) is 1.46. The monoisotopic (exact) mass is 2010 g/mol. The number of halogens is 1. The van der Waals surface area contributed by atoms with Gasteiger partial charge in [0.1, 0.15) is 85.3 Å². The Kier molecular flexibility index (Phi) is 45.3. The molecule has 3 saturated carbocycles. The predicted octanol–water partition coefficient (Wildman–Crippen LogP) is 5.55. The van der Waals surface area contributed by atoms with E-state index >= 15 is 23.6 Å². The Bertz CT molecular complexity index is 4560. The van der Waals surface area contributed by atoms with Crippen LogP contribution in [-0.4, -0.2) is 368 Å². The maximum absolute atomic E-state index is 17.6. The topological polar surface area (TPSA) is 493 Å². The number of carbonyl (C=O) groups excluding carboxylic acids is 18. The molecular formula is C101H160FN11O29. The highest BCUT2D eigenvalue weighted by Crippen LogP contribution is 2.71. The number of ketones is 2. The van der Waals surface area contributed by atoms with Crippen LogP contribution in [0.3, 0.4) is 0 Å². The second kappa shape index (κ2) is 53.4. The van der Waals surface area contributed by atoms with E-state index in [1.807, 2.05) is 41.5 Å². The number of carbonyl (C=O) groups is 18. The van der Waals surface area contributed by atoms with Gasteiger partial charge in [0.2, 0.25) is 77.6 Å². The Balaban J connectivity index is 1.07. The number of hydrogen-bond donors (Lipinski definition) is 5. The van der Waals surface area contributed by atoms with Crippen LogP contribution in [0.15, 0.2) is 36.0 Å². The van der Waals surface area contributed by atoms with Gasteiger partial charge in [-0.3, -0.25) is 81.5 Å². The number of aliphatic hydroxyl groups excluding tert-OH is 1. The van der Waals surface area contributed by atoms with Gasteiger partial charge in [0, 0.05) is 72.1 Å². The molecule has 2 heterocycles. The molecular weight excluding hydrogens is 1850 g/mol. The Labute approximate surface area is 835 Å². The number of rotatable bonds is 37. The largest absolute Gasteiger partial charge is 0.511 e. The van der Waals surface area contributed by atoms with Crippen molar-refractivity contribution in [2.24, 2.45) is 64.1 Å². The van der Waals surface area contributed by atoms with E-state index in [-0.39, 0.29) is 134 Å². The minimum Gasteiger partial charge on any atom is -0.463 e. The lowest BCUT2D eigenvalue weighted by Crippen LogP contribution is -2.69. The minimum atomic E-state index is -2.17. The average molecular weight is 2010 g/mol. The first-order valence-corrected chi connectivity index (χ1v) is 49.8. The molecule has 2 saturated heterocycles. The third-order valence-electron chi connectivity index (χ3n) is 29.1. The lowest BCUT2D eigenvalue weighted by molar-refractivity contribution is -0.220. The molecule has 800 valence electrons. The summed E-state index contributed by atoms with van der Waals surface area (Å²) in [6.07, 6.45) is 1.87. The molecule has 0 aromatic rings. The third kappa shape index (κ3) is 29.3. The van der Waals surface area contributed by atoms with Crippen molar-refractivity contribution >= 4 is 107 Å². The summed E-state index contributed by atoms with van der Waals surface area (Å²) >= 11 is 0. The van der Waals surface area contributed by atoms with Gasteiger partial charge >= 0.3 is 30.0 Å². The van der Waals surface area contributed by atoms with Crippen LogP contribution in [0.1, 0.15) is 221 Å². The standard InChI is InChI=1S/C101H160FN11O29/c1-27-29-30-62(13)86(142-97(132)141-56-140-82(121)36-34-80(119)138-46-44-136-42-40-134-39-41-135-43-45-137-79(118)33-35-81(120)139-55-77(116)101(133)63(14)50-70-69-32-31-67-52-68(114)37-38-98(67,18)100(69,102)76(115)53-99(70,101)19)85-89(124)104-71(28-2)91(126)106(20)54-78(117)107(21)72(47-57(3)4)88(123)105-83(60(9)10)95(130)110(24)75-51-64(15)113(94(75)129)66(17)87(122)103-65(16)90(125)108(22)73(48-58(5)6)92(127)109(23)74(49-59(7)8)93(128)111(25)84(61(11)12)96(131)112(85)26/h27,29,37-38,52,57-66,69-76,83-86,115,133H,28,30-36,39-51,53-56H2,1-26H3,(H,103,122)(H,104,124)(H,105,123)/b29-27+/t62-,63-,64?,65?,66?,69?,70?,71?,72+,73?,74?,75?,76+,83?,84?,85?,86-,98+,99+,100+,101+/m1/s1. The normalized spacial score (nSPS) is 29.6. The van der Waals surface area contributed by atoms with Crippen LogP contribution in [0.5, 0.6) is 0 Å². The number of ether oxygens (including phenoxy) is 9. The number of allylic oxidation sites excluding steroid dienone is 6. The zero-order valence-corrected chi connectivity index (χ0v) is 88.1. The van der Waals surface area contributed by atoms with Gasteiger partial charge in [-0.15, -0.1) is 0 Å². The van der Waals surface area contributed by atoms with Crippen molar-refractivity contribution in [2.45, 2.75) is 311 Å². The van der Waals surface area contributed by atoms with E-state index < -0.39 is 276 Å². The summed E-state index contributed by atoms with van der Waals surface area (Å²) in [4.78, 5) is 266. The zero-order valence-electron chi connectivity index (χ0n) is 88.1. The molecule has 142 heavy (non-hydrogen) atoms. The second-order valence-electron chi connectivity index (χ2n) is 41.4. The molecule has 2 aliphatic heterocycles. The second-order valence-corrected chi connectivity index (χ2v) is 41.4. The summed E-state index contributed by atoms with van der Waals surface area (Å²) in [7, 11) is 9.47. The van der Waals surface area contributed by atoms with Gasteiger partial charge < -0.3 is 108 Å². The number of nitrogens with zero attached hydrogens (tertiary/aromatic N) is 8. The molecule has 5 fully saturated rings. The number of fused-ring (bicyclic) bond motifs is 7. The highest BCUT2D eigenvalue weighted by Gasteiger charge is 2.76. The predicted molar refractivity (Wildman–Crippen MR) is 515 cm³/mol. The molecule has 11 amide bonds. The summed E-state index contributed by atoms with van der Waals surface area (Å²) in [6, 6.07) is -14.1. The smallest absolute Gasteiger partial charge is 0.463 e. The number of amides is 11. The summed E-state index contributed by atoms with van der Waals surface area (Å²) in [5, 5.41) is 32.2. The zero-order chi connectivity index (χ0) is 107. The number of alkyl halides is 1. The molecule has 6 aliphatic rings. The van der Waals surface area contributed by atoms with Crippen molar-refractivity contribution in [1.29, 1.82) is 0 Å². The Hall–Kier alpha value is -10.4. The van der Waals surface area contributed by atoms with E-state index in [1.165, 1.54) is 101 Å². The number of likely N-dealkylation sites (N-methyl/N-ethyl adjacent to an activating group) is 7. The van der Waals surface area contributed by atoms with E-state index in [1.54, 1.807) is 88.3 Å². The first kappa shape index (κ1) is 120. The summed E-state index contributed by atoms with van der Waals surface area (Å²) in [5.41, 5.74) is -6.17. The van der Waals surface area contributed by atoms with Gasteiger partial charge in [-0.2, -0.15) is 0 Å². The lowest BCUT2D eigenvalue weighted by atomic mass is 9.44.